The molecule has 0 N–H and O–H groups in total. The summed E-state index contributed by atoms with van der Waals surface area (Å²) in [7, 11) is 0. The van der Waals surface area contributed by atoms with E-state index in [4.69, 9.17) is 4.42 Å². The largest absolute Gasteiger partial charge is 0.456 e. The van der Waals surface area contributed by atoms with Crippen LogP contribution in [0.2, 0.25) is 0 Å². The lowest BCUT2D eigenvalue weighted by Crippen LogP contribution is -1.97. The molecule has 0 aliphatic rings. The third-order valence-electron chi connectivity index (χ3n) is 11.2. The second-order valence-corrected chi connectivity index (χ2v) is 14.4. The first kappa shape index (κ1) is 32.0. The van der Waals surface area contributed by atoms with Crippen molar-refractivity contribution in [2.45, 2.75) is 0 Å². The molecule has 0 spiro atoms. The molecule has 0 fully saturated rings. The zero-order valence-electron chi connectivity index (χ0n) is 30.6. The Morgan fingerprint density at radius 3 is 1.27 bits per heavy atom. The van der Waals surface area contributed by atoms with Gasteiger partial charge in [0, 0.05) is 27.1 Å². The number of fused-ring (bicyclic) bond motifs is 6. The Morgan fingerprint density at radius 2 is 0.679 bits per heavy atom. The molecule has 9 aromatic carbocycles. The number of nitrogens with zero attached hydrogens (tertiary/aromatic N) is 1. The van der Waals surface area contributed by atoms with E-state index in [2.05, 4.69) is 205 Å². The fourth-order valence-corrected chi connectivity index (χ4v) is 8.63. The van der Waals surface area contributed by atoms with Crippen molar-refractivity contribution in [3.63, 3.8) is 0 Å². The molecule has 0 unspecified atom stereocenters. The Morgan fingerprint density at radius 1 is 0.268 bits per heavy atom. The predicted molar refractivity (Wildman–Crippen MR) is 235 cm³/mol. The van der Waals surface area contributed by atoms with E-state index >= 15 is 0 Å². The van der Waals surface area contributed by atoms with E-state index in [9.17, 15) is 0 Å². The number of hydrogen-bond donors (Lipinski definition) is 0. The molecule has 2 nitrogen and oxygen atoms in total. The Kier molecular flexibility index (Phi) is 7.53. The summed E-state index contributed by atoms with van der Waals surface area (Å²) in [6, 6.07) is 76.5. The van der Waals surface area contributed by atoms with Crippen LogP contribution in [-0.2, 0) is 0 Å². The van der Waals surface area contributed by atoms with Crippen molar-refractivity contribution < 1.29 is 4.42 Å². The molecule has 0 aliphatic heterocycles. The van der Waals surface area contributed by atoms with Gasteiger partial charge in [-0.2, -0.15) is 0 Å². The van der Waals surface area contributed by atoms with Crippen molar-refractivity contribution in [2.24, 2.45) is 0 Å². The summed E-state index contributed by atoms with van der Waals surface area (Å²) in [6.07, 6.45) is 0. The molecule has 2 heterocycles. The molecule has 11 rings (SSSR count). The minimum absolute atomic E-state index is 0.899. The van der Waals surface area contributed by atoms with Gasteiger partial charge in [-0.1, -0.05) is 164 Å². The van der Waals surface area contributed by atoms with Crippen LogP contribution in [0.3, 0.4) is 0 Å². The summed E-state index contributed by atoms with van der Waals surface area (Å²) in [5, 5.41) is 4.68. The second-order valence-electron chi connectivity index (χ2n) is 14.4. The third kappa shape index (κ3) is 5.26. The first-order valence-corrected chi connectivity index (χ1v) is 19.2. The highest BCUT2D eigenvalue weighted by atomic mass is 16.3. The fraction of sp³-hybridized carbons (Fsp3) is 0. The molecule has 56 heavy (non-hydrogen) atoms. The smallest absolute Gasteiger partial charge is 0.135 e. The molecule has 0 aliphatic carbocycles. The highest BCUT2D eigenvalue weighted by Gasteiger charge is 2.19. The fourth-order valence-electron chi connectivity index (χ4n) is 8.63. The van der Waals surface area contributed by atoms with Crippen molar-refractivity contribution >= 4 is 43.7 Å². The van der Waals surface area contributed by atoms with Gasteiger partial charge in [0.2, 0.25) is 0 Å². The molecule has 0 atom stereocenters. The van der Waals surface area contributed by atoms with Crippen LogP contribution in [0.15, 0.2) is 217 Å². The summed E-state index contributed by atoms with van der Waals surface area (Å²) in [4.78, 5) is 0. The first-order valence-electron chi connectivity index (χ1n) is 19.2. The molecule has 2 heteroatoms. The maximum atomic E-state index is 6.22. The normalized spacial score (nSPS) is 11.6. The van der Waals surface area contributed by atoms with Crippen LogP contribution >= 0.6 is 0 Å². The Labute approximate surface area is 325 Å². The second kappa shape index (κ2) is 13.2. The van der Waals surface area contributed by atoms with E-state index in [1.165, 1.54) is 55.3 Å². The van der Waals surface area contributed by atoms with E-state index in [0.29, 0.717) is 0 Å². The minimum Gasteiger partial charge on any atom is -0.456 e. The predicted octanol–water partition coefficient (Wildman–Crippen LogP) is 15.0. The molecule has 0 saturated carbocycles. The maximum absolute atomic E-state index is 6.22. The minimum atomic E-state index is 0.899. The van der Waals surface area contributed by atoms with Gasteiger partial charge in [0.05, 0.1) is 16.7 Å². The van der Waals surface area contributed by atoms with E-state index < -0.39 is 0 Å². The number of furan rings is 1. The summed E-state index contributed by atoms with van der Waals surface area (Å²) < 4.78 is 8.68. The van der Waals surface area contributed by atoms with E-state index in [-0.39, 0.29) is 0 Å². The topological polar surface area (TPSA) is 18.1 Å². The van der Waals surface area contributed by atoms with Crippen LogP contribution in [0.4, 0.5) is 0 Å². The van der Waals surface area contributed by atoms with Gasteiger partial charge in [-0.05, 0) is 98.6 Å². The van der Waals surface area contributed by atoms with Gasteiger partial charge >= 0.3 is 0 Å². The van der Waals surface area contributed by atoms with Gasteiger partial charge in [0.1, 0.15) is 11.2 Å². The monoisotopic (exact) mass is 713 g/mol. The van der Waals surface area contributed by atoms with Crippen molar-refractivity contribution in [3.8, 4) is 61.3 Å². The van der Waals surface area contributed by atoms with Crippen molar-refractivity contribution in [2.75, 3.05) is 0 Å². The lowest BCUT2D eigenvalue weighted by Gasteiger charge is -2.15. The summed E-state index contributed by atoms with van der Waals surface area (Å²) in [6.45, 7) is 0. The van der Waals surface area contributed by atoms with Crippen LogP contribution < -0.4 is 0 Å². The summed E-state index contributed by atoms with van der Waals surface area (Å²) in [5.74, 6) is 0. The first-order chi connectivity index (χ1) is 27.8. The van der Waals surface area contributed by atoms with Crippen molar-refractivity contribution in [1.82, 2.24) is 4.57 Å². The molecular weight excluding hydrogens is 679 g/mol. The molecule has 11 aromatic rings. The molecule has 0 bridgehead atoms. The number of hydrogen-bond acceptors (Lipinski definition) is 1. The number of rotatable bonds is 6. The van der Waals surface area contributed by atoms with Crippen LogP contribution in [-0.4, -0.2) is 4.57 Å². The van der Waals surface area contributed by atoms with Gasteiger partial charge < -0.3 is 8.98 Å². The molecule has 2 aromatic heterocycles. The van der Waals surface area contributed by atoms with Gasteiger partial charge in [0.15, 0.2) is 0 Å². The van der Waals surface area contributed by atoms with E-state index in [0.717, 1.165) is 49.8 Å². The quantitative estimate of drug-likeness (QED) is 0.168. The lowest BCUT2D eigenvalue weighted by molar-refractivity contribution is 0.669. The summed E-state index contributed by atoms with van der Waals surface area (Å²) >= 11 is 0. The van der Waals surface area contributed by atoms with Gasteiger partial charge in [-0.3, -0.25) is 0 Å². The van der Waals surface area contributed by atoms with Gasteiger partial charge in [-0.25, -0.2) is 0 Å². The zero-order chi connectivity index (χ0) is 37.0. The SMILES string of the molecule is c1ccc(-c2ccccc2-c2ccc3c(c2)c2cc(-c4ccccc4-c4ccccc4)ccc2n3-c2ccccc2-c2ccc3oc4ccccc4c3c2)cc1. The van der Waals surface area contributed by atoms with Crippen LogP contribution in [0, 0.1) is 0 Å². The average molecular weight is 714 g/mol. The van der Waals surface area contributed by atoms with E-state index in [1.807, 2.05) is 12.1 Å². The van der Waals surface area contributed by atoms with Crippen LogP contribution in [0.5, 0.6) is 0 Å². The van der Waals surface area contributed by atoms with Gasteiger partial charge in [-0.15, -0.1) is 0 Å². The Bertz CT molecular complexity index is 3100. The van der Waals surface area contributed by atoms with Crippen molar-refractivity contribution in [1.29, 1.82) is 0 Å². The maximum Gasteiger partial charge on any atom is 0.135 e. The third-order valence-corrected chi connectivity index (χ3v) is 11.2. The summed E-state index contributed by atoms with van der Waals surface area (Å²) in [5.41, 5.74) is 17.3. The Balaban J connectivity index is 1.16. The standard InChI is InChI=1S/C54H35NO/c1-3-15-36(16-4-1)41-19-7-9-21-43(41)38-27-30-51-47(33-38)48-34-39(44-22-10-8-20-42(44)37-17-5-2-6-18-37)28-31-52(48)55(51)50-25-13-11-23-45(50)40-29-32-54-49(35-40)46-24-12-14-26-53(46)56-54/h1-35H. The van der Waals surface area contributed by atoms with Gasteiger partial charge in [0.25, 0.3) is 0 Å². The molecule has 0 saturated heterocycles. The van der Waals surface area contributed by atoms with E-state index in [1.54, 1.807) is 0 Å². The number of para-hydroxylation sites is 2. The molecule has 262 valence electrons. The Hall–Kier alpha value is -7.42. The highest BCUT2D eigenvalue weighted by Crippen LogP contribution is 2.43. The average Bonchev–Trinajstić information content (AvgIpc) is 3.81. The van der Waals surface area contributed by atoms with Crippen LogP contribution in [0.1, 0.15) is 0 Å². The molecule has 0 amide bonds. The lowest BCUT2D eigenvalue weighted by atomic mass is 9.92. The highest BCUT2D eigenvalue weighted by molar-refractivity contribution is 6.13. The molecular formula is C54H35NO. The van der Waals surface area contributed by atoms with Crippen molar-refractivity contribution in [3.05, 3.63) is 212 Å². The number of benzene rings is 9. The molecule has 0 radical (unpaired) electrons. The van der Waals surface area contributed by atoms with Crippen LogP contribution in [0.25, 0.3) is 105 Å². The zero-order valence-corrected chi connectivity index (χ0v) is 30.6. The number of aromatic nitrogens is 1.